The molecule has 3 aromatic carbocycles. The summed E-state index contributed by atoms with van der Waals surface area (Å²) in [4.78, 5) is 13.1. The molecule has 1 amide bonds. The summed E-state index contributed by atoms with van der Waals surface area (Å²) in [6.45, 7) is 8.00. The number of hydrogen-bond acceptors (Lipinski definition) is 3. The smallest absolute Gasteiger partial charge is 0.261 e. The molecule has 6 heteroatoms. The monoisotopic (exact) mass is 436 g/mol. The van der Waals surface area contributed by atoms with Gasteiger partial charge in [0.1, 0.15) is 0 Å². The Hall–Kier alpha value is -3.12. The third-order valence-electron chi connectivity index (χ3n) is 5.22. The van der Waals surface area contributed by atoms with Crippen LogP contribution in [0.5, 0.6) is 0 Å². The molecule has 5 nitrogen and oxygen atoms in total. The summed E-state index contributed by atoms with van der Waals surface area (Å²) in [5.74, 6) is -0.247. The molecule has 0 radical (unpaired) electrons. The van der Waals surface area contributed by atoms with E-state index in [1.165, 1.54) is 5.56 Å². The first-order chi connectivity index (χ1) is 14.7. The minimum atomic E-state index is -3.73. The molecule has 0 bridgehead atoms. The third kappa shape index (κ3) is 5.52. The van der Waals surface area contributed by atoms with Gasteiger partial charge in [-0.05, 0) is 68.7 Å². The average Bonchev–Trinajstić information content (AvgIpc) is 2.72. The lowest BCUT2D eigenvalue weighted by molar-refractivity contribution is 0.0935. The third-order valence-corrected chi connectivity index (χ3v) is 6.62. The zero-order chi connectivity index (χ0) is 22.6. The highest BCUT2D eigenvalue weighted by Crippen LogP contribution is 2.23. The summed E-state index contributed by atoms with van der Waals surface area (Å²) in [5.41, 5.74) is 5.10. The number of sulfonamides is 1. The number of carbonyl (C=O) groups is 1. The average molecular weight is 437 g/mol. The molecule has 3 aromatic rings. The standard InChI is InChI=1S/C25H28N2O3S/c1-5-24(23-14-11-18(3)15-19(23)4)26-25(28)20-7-6-8-21(16-20)27-31(29,30)22-12-9-17(2)10-13-22/h6-16,24,27H,5H2,1-4H3,(H,26,28)/t24-/m0/s1. The van der Waals surface area contributed by atoms with Crippen molar-refractivity contribution in [2.24, 2.45) is 0 Å². The van der Waals surface area contributed by atoms with Gasteiger partial charge in [0.15, 0.2) is 0 Å². The van der Waals surface area contributed by atoms with E-state index in [-0.39, 0.29) is 16.8 Å². The molecule has 1 atom stereocenters. The summed E-state index contributed by atoms with van der Waals surface area (Å²) in [7, 11) is -3.73. The van der Waals surface area contributed by atoms with Crippen molar-refractivity contribution in [3.05, 3.63) is 94.5 Å². The van der Waals surface area contributed by atoms with Crippen LogP contribution in [0.25, 0.3) is 0 Å². The molecule has 0 fully saturated rings. The number of benzene rings is 3. The van der Waals surface area contributed by atoms with Crippen molar-refractivity contribution in [2.75, 3.05) is 4.72 Å². The fourth-order valence-corrected chi connectivity index (χ4v) is 4.56. The molecule has 0 aliphatic heterocycles. The Kier molecular flexibility index (Phi) is 6.81. The molecule has 0 spiro atoms. The van der Waals surface area contributed by atoms with Crippen LogP contribution in [0, 0.1) is 20.8 Å². The van der Waals surface area contributed by atoms with Gasteiger partial charge in [-0.1, -0.05) is 54.4 Å². The van der Waals surface area contributed by atoms with Crippen molar-refractivity contribution in [3.8, 4) is 0 Å². The molecule has 0 saturated carbocycles. The number of anilines is 1. The molecule has 2 N–H and O–H groups in total. The Bertz CT molecular complexity index is 1190. The van der Waals surface area contributed by atoms with Crippen molar-refractivity contribution < 1.29 is 13.2 Å². The van der Waals surface area contributed by atoms with Crippen LogP contribution >= 0.6 is 0 Å². The van der Waals surface area contributed by atoms with Gasteiger partial charge in [0.05, 0.1) is 10.9 Å². The Labute approximate surface area is 184 Å². The zero-order valence-electron chi connectivity index (χ0n) is 18.3. The Morgan fingerprint density at radius 3 is 2.23 bits per heavy atom. The number of aryl methyl sites for hydroxylation is 3. The van der Waals surface area contributed by atoms with E-state index in [2.05, 4.69) is 16.1 Å². The van der Waals surface area contributed by atoms with Crippen LogP contribution in [0.3, 0.4) is 0 Å². The fourth-order valence-electron chi connectivity index (χ4n) is 3.51. The molecule has 0 aliphatic rings. The summed E-state index contributed by atoms with van der Waals surface area (Å²) >= 11 is 0. The summed E-state index contributed by atoms with van der Waals surface area (Å²) in [6, 6.07) is 19.2. The maximum absolute atomic E-state index is 12.9. The van der Waals surface area contributed by atoms with E-state index in [0.717, 1.165) is 23.1 Å². The highest BCUT2D eigenvalue weighted by molar-refractivity contribution is 7.92. The zero-order valence-corrected chi connectivity index (χ0v) is 19.1. The van der Waals surface area contributed by atoms with Crippen LogP contribution < -0.4 is 10.0 Å². The van der Waals surface area contributed by atoms with Gasteiger partial charge in [0.2, 0.25) is 0 Å². The second kappa shape index (κ2) is 9.35. The molecule has 162 valence electrons. The van der Waals surface area contributed by atoms with Crippen molar-refractivity contribution in [2.45, 2.75) is 45.1 Å². The highest BCUT2D eigenvalue weighted by Gasteiger charge is 2.18. The number of nitrogens with one attached hydrogen (secondary N) is 2. The molecule has 31 heavy (non-hydrogen) atoms. The van der Waals surface area contributed by atoms with Gasteiger partial charge in [-0.15, -0.1) is 0 Å². The summed E-state index contributed by atoms with van der Waals surface area (Å²) < 4.78 is 27.9. The summed E-state index contributed by atoms with van der Waals surface area (Å²) in [5, 5.41) is 3.07. The molecule has 0 aromatic heterocycles. The van der Waals surface area contributed by atoms with Crippen LogP contribution in [-0.2, 0) is 10.0 Å². The van der Waals surface area contributed by atoms with Crippen molar-refractivity contribution in [1.29, 1.82) is 0 Å². The SMILES string of the molecule is CC[C@H](NC(=O)c1cccc(NS(=O)(=O)c2ccc(C)cc2)c1)c1ccc(C)cc1C. The van der Waals surface area contributed by atoms with Crippen LogP contribution in [-0.4, -0.2) is 14.3 Å². The molecule has 0 heterocycles. The molecular formula is C25H28N2O3S. The second-order valence-electron chi connectivity index (χ2n) is 7.79. The quantitative estimate of drug-likeness (QED) is 0.528. The maximum Gasteiger partial charge on any atom is 0.261 e. The van der Waals surface area contributed by atoms with E-state index in [4.69, 9.17) is 0 Å². The first kappa shape index (κ1) is 22.6. The van der Waals surface area contributed by atoms with E-state index in [1.54, 1.807) is 48.5 Å². The highest BCUT2D eigenvalue weighted by atomic mass is 32.2. The molecular weight excluding hydrogens is 408 g/mol. The largest absolute Gasteiger partial charge is 0.345 e. The molecule has 0 unspecified atom stereocenters. The minimum absolute atomic E-state index is 0.124. The predicted molar refractivity (Wildman–Crippen MR) is 125 cm³/mol. The summed E-state index contributed by atoms with van der Waals surface area (Å²) in [6.07, 6.45) is 0.745. The number of carbonyl (C=O) groups excluding carboxylic acids is 1. The maximum atomic E-state index is 12.9. The van der Waals surface area contributed by atoms with Gasteiger partial charge in [-0.2, -0.15) is 0 Å². The lowest BCUT2D eigenvalue weighted by Crippen LogP contribution is -2.28. The predicted octanol–water partition coefficient (Wildman–Crippen LogP) is 5.29. The van der Waals surface area contributed by atoms with Crippen LogP contribution in [0.15, 0.2) is 71.6 Å². The Balaban J connectivity index is 1.78. The Morgan fingerprint density at radius 2 is 1.58 bits per heavy atom. The van der Waals surface area contributed by atoms with E-state index in [1.807, 2.05) is 39.8 Å². The second-order valence-corrected chi connectivity index (χ2v) is 9.48. The Morgan fingerprint density at radius 1 is 0.903 bits per heavy atom. The normalized spacial score (nSPS) is 12.3. The van der Waals surface area contributed by atoms with E-state index in [0.29, 0.717) is 11.3 Å². The van der Waals surface area contributed by atoms with Gasteiger partial charge in [-0.3, -0.25) is 9.52 Å². The first-order valence-electron chi connectivity index (χ1n) is 10.3. The van der Waals surface area contributed by atoms with Crippen LogP contribution in [0.2, 0.25) is 0 Å². The van der Waals surface area contributed by atoms with Gasteiger partial charge in [0.25, 0.3) is 15.9 Å². The van der Waals surface area contributed by atoms with Gasteiger partial charge in [-0.25, -0.2) is 8.42 Å². The van der Waals surface area contributed by atoms with Gasteiger partial charge >= 0.3 is 0 Å². The van der Waals surface area contributed by atoms with Crippen molar-refractivity contribution >= 4 is 21.6 Å². The number of amides is 1. The number of rotatable bonds is 7. The number of hydrogen-bond donors (Lipinski definition) is 2. The van der Waals surface area contributed by atoms with Crippen molar-refractivity contribution in [1.82, 2.24) is 5.32 Å². The van der Waals surface area contributed by atoms with E-state index < -0.39 is 10.0 Å². The first-order valence-corrected chi connectivity index (χ1v) is 11.8. The van der Waals surface area contributed by atoms with Gasteiger partial charge in [0, 0.05) is 11.3 Å². The topological polar surface area (TPSA) is 75.3 Å². The van der Waals surface area contributed by atoms with Crippen LogP contribution in [0.4, 0.5) is 5.69 Å². The molecule has 3 rings (SSSR count). The lowest BCUT2D eigenvalue weighted by atomic mass is 9.97. The molecule has 0 saturated heterocycles. The minimum Gasteiger partial charge on any atom is -0.345 e. The fraction of sp³-hybridized carbons (Fsp3) is 0.240. The molecule has 0 aliphatic carbocycles. The van der Waals surface area contributed by atoms with E-state index in [9.17, 15) is 13.2 Å². The van der Waals surface area contributed by atoms with E-state index >= 15 is 0 Å². The lowest BCUT2D eigenvalue weighted by Gasteiger charge is -2.20. The van der Waals surface area contributed by atoms with Crippen molar-refractivity contribution in [3.63, 3.8) is 0 Å². The van der Waals surface area contributed by atoms with Gasteiger partial charge < -0.3 is 5.32 Å². The van der Waals surface area contributed by atoms with Crippen LogP contribution in [0.1, 0.15) is 52.0 Å².